The number of aliphatic carboxylic acids is 1. The number of hydrogen-bond donors (Lipinski definition) is 3. The van der Waals surface area contributed by atoms with Crippen molar-refractivity contribution in [3.8, 4) is 11.3 Å². The maximum absolute atomic E-state index is 11.9. The lowest BCUT2D eigenvalue weighted by atomic mass is 9.71. The number of aryl methyl sites for hydroxylation is 2. The van der Waals surface area contributed by atoms with E-state index in [1.807, 2.05) is 55.8 Å². The van der Waals surface area contributed by atoms with Gasteiger partial charge in [0.15, 0.2) is 11.2 Å². The van der Waals surface area contributed by atoms with Gasteiger partial charge in [-0.05, 0) is 75.3 Å². The van der Waals surface area contributed by atoms with E-state index in [9.17, 15) is 9.90 Å². The van der Waals surface area contributed by atoms with Gasteiger partial charge in [-0.1, -0.05) is 25.1 Å². The first-order valence-electron chi connectivity index (χ1n) is 13.3. The minimum atomic E-state index is -0.710. The lowest BCUT2D eigenvalue weighted by Gasteiger charge is -2.36. The number of benzene rings is 2. The number of nitrogens with zero attached hydrogens (tertiary/aromatic N) is 5. The third-order valence-electron chi connectivity index (χ3n) is 8.14. The summed E-state index contributed by atoms with van der Waals surface area (Å²) in [5.41, 5.74) is 12.5. The molecule has 2 aromatic carbocycles. The fourth-order valence-corrected chi connectivity index (χ4v) is 5.84. The van der Waals surface area contributed by atoms with Gasteiger partial charge in [-0.2, -0.15) is 10.1 Å². The van der Waals surface area contributed by atoms with E-state index in [0.29, 0.717) is 60.7 Å². The highest BCUT2D eigenvalue weighted by Crippen LogP contribution is 2.45. The lowest BCUT2D eigenvalue weighted by molar-refractivity contribution is -0.151. The number of rotatable bonds is 6. The maximum atomic E-state index is 11.9. The molecule has 0 unspecified atom stereocenters. The van der Waals surface area contributed by atoms with E-state index in [1.165, 1.54) is 6.33 Å². The summed E-state index contributed by atoms with van der Waals surface area (Å²) in [5, 5.41) is 18.7. The van der Waals surface area contributed by atoms with Crippen LogP contribution in [0.15, 0.2) is 47.1 Å². The zero-order valence-electron chi connectivity index (χ0n) is 22.2. The fourth-order valence-electron chi connectivity index (χ4n) is 5.84. The second kappa shape index (κ2) is 9.37. The first-order valence-corrected chi connectivity index (χ1v) is 13.3. The Morgan fingerprint density at radius 2 is 1.92 bits per heavy atom. The largest absolute Gasteiger partial charge is 0.481 e. The summed E-state index contributed by atoms with van der Waals surface area (Å²) >= 11 is 0. The number of nitrogen functional groups attached to an aromatic ring is 1. The average Bonchev–Trinajstić information content (AvgIpc) is 3.51. The highest BCUT2D eigenvalue weighted by Gasteiger charge is 2.41. The highest BCUT2D eigenvalue weighted by molar-refractivity contribution is 5.98. The van der Waals surface area contributed by atoms with Gasteiger partial charge in [-0.25, -0.2) is 14.6 Å². The van der Waals surface area contributed by atoms with Crippen LogP contribution in [0.5, 0.6) is 0 Å². The van der Waals surface area contributed by atoms with E-state index < -0.39 is 11.4 Å². The molecule has 10 nitrogen and oxygen atoms in total. The number of nitrogens with one attached hydrogen (secondary N) is 1. The predicted octanol–water partition coefficient (Wildman–Crippen LogP) is 6.17. The van der Waals surface area contributed by atoms with Crippen molar-refractivity contribution in [3.63, 3.8) is 0 Å². The molecule has 0 spiro atoms. The van der Waals surface area contributed by atoms with Gasteiger partial charge in [-0.15, -0.1) is 0 Å². The summed E-state index contributed by atoms with van der Waals surface area (Å²) in [6, 6.07) is 12.4. The van der Waals surface area contributed by atoms with Crippen LogP contribution in [0.4, 0.5) is 17.5 Å². The zero-order valence-corrected chi connectivity index (χ0v) is 22.2. The summed E-state index contributed by atoms with van der Waals surface area (Å²) in [6.07, 6.45) is 4.72. The maximum Gasteiger partial charge on any atom is 0.309 e. The van der Waals surface area contributed by atoms with Gasteiger partial charge in [-0.3, -0.25) is 4.79 Å². The molecule has 0 bridgehead atoms. The SMILES string of the molecule is CCC1(C(=O)O)CCC(n2nc(-c3ccc(Nc4nc5cc(C)cc(C)c5o4)cc3)c3c(N)ncnc32)CC1. The molecule has 0 atom stereocenters. The number of carboxylic acids is 1. The van der Waals surface area contributed by atoms with Crippen LogP contribution in [0, 0.1) is 19.3 Å². The molecule has 0 saturated heterocycles. The third kappa shape index (κ3) is 4.25. The van der Waals surface area contributed by atoms with Crippen molar-refractivity contribution in [2.24, 2.45) is 5.41 Å². The Balaban J connectivity index is 1.30. The molecule has 1 aliphatic rings. The summed E-state index contributed by atoms with van der Waals surface area (Å²) in [5.74, 6) is -0.345. The second-order valence-corrected chi connectivity index (χ2v) is 10.6. The minimum Gasteiger partial charge on any atom is -0.481 e. The molecule has 3 aromatic heterocycles. The Morgan fingerprint density at radius 1 is 1.18 bits per heavy atom. The van der Waals surface area contributed by atoms with E-state index in [0.717, 1.165) is 33.5 Å². The summed E-state index contributed by atoms with van der Waals surface area (Å²) in [4.78, 5) is 25.3. The number of carbonyl (C=O) groups is 1. The molecular weight excluding hydrogens is 494 g/mol. The van der Waals surface area contributed by atoms with E-state index in [4.69, 9.17) is 15.2 Å². The molecule has 10 heteroatoms. The molecular formula is C29H31N7O3. The van der Waals surface area contributed by atoms with Gasteiger partial charge < -0.3 is 20.6 Å². The molecule has 6 rings (SSSR count). The Kier molecular flexibility index (Phi) is 5.97. The normalized spacial score (nSPS) is 19.5. The first kappa shape index (κ1) is 24.8. The van der Waals surface area contributed by atoms with E-state index in [2.05, 4.69) is 26.3 Å². The summed E-state index contributed by atoms with van der Waals surface area (Å²) in [7, 11) is 0. The number of oxazole rings is 1. The Bertz CT molecular complexity index is 1700. The number of carboxylic acid groups (broad SMARTS) is 1. The van der Waals surface area contributed by atoms with E-state index in [-0.39, 0.29) is 6.04 Å². The molecule has 5 aromatic rings. The van der Waals surface area contributed by atoms with Crippen LogP contribution in [0.1, 0.15) is 56.2 Å². The molecule has 1 fully saturated rings. The lowest BCUT2D eigenvalue weighted by Crippen LogP contribution is -2.35. The molecule has 200 valence electrons. The first-order chi connectivity index (χ1) is 18.8. The number of hydrogen-bond acceptors (Lipinski definition) is 8. The monoisotopic (exact) mass is 525 g/mol. The fraction of sp³-hybridized carbons (Fsp3) is 0.345. The van der Waals surface area contributed by atoms with Crippen molar-refractivity contribution in [2.45, 2.75) is 58.9 Å². The van der Waals surface area contributed by atoms with Crippen LogP contribution < -0.4 is 11.1 Å². The molecule has 1 aliphatic carbocycles. The van der Waals surface area contributed by atoms with Crippen LogP contribution in [0.25, 0.3) is 33.4 Å². The topological polar surface area (TPSA) is 145 Å². The van der Waals surface area contributed by atoms with Crippen LogP contribution in [0.2, 0.25) is 0 Å². The highest BCUT2D eigenvalue weighted by atomic mass is 16.4. The number of fused-ring (bicyclic) bond motifs is 2. The third-order valence-corrected chi connectivity index (χ3v) is 8.14. The Morgan fingerprint density at radius 3 is 2.62 bits per heavy atom. The van der Waals surface area contributed by atoms with Gasteiger partial charge in [0.25, 0.3) is 6.01 Å². The van der Waals surface area contributed by atoms with Gasteiger partial charge in [0.05, 0.1) is 16.8 Å². The summed E-state index contributed by atoms with van der Waals surface area (Å²) < 4.78 is 7.86. The quantitative estimate of drug-likeness (QED) is 0.237. The predicted molar refractivity (Wildman–Crippen MR) is 150 cm³/mol. The Hall–Kier alpha value is -4.47. The number of nitrogens with two attached hydrogens (primary N) is 1. The van der Waals surface area contributed by atoms with Crippen molar-refractivity contribution >= 4 is 45.6 Å². The number of anilines is 3. The van der Waals surface area contributed by atoms with Crippen LogP contribution in [-0.2, 0) is 4.79 Å². The van der Waals surface area contributed by atoms with Crippen molar-refractivity contribution in [3.05, 3.63) is 53.9 Å². The van der Waals surface area contributed by atoms with Crippen LogP contribution in [-0.4, -0.2) is 35.8 Å². The molecule has 0 amide bonds. The van der Waals surface area contributed by atoms with E-state index >= 15 is 0 Å². The van der Waals surface area contributed by atoms with Gasteiger partial charge in [0.1, 0.15) is 23.4 Å². The van der Waals surface area contributed by atoms with Gasteiger partial charge in [0, 0.05) is 11.3 Å². The molecule has 3 heterocycles. The Labute approximate surface area is 225 Å². The van der Waals surface area contributed by atoms with Crippen LogP contribution >= 0.6 is 0 Å². The molecule has 0 aliphatic heterocycles. The molecule has 4 N–H and O–H groups in total. The van der Waals surface area contributed by atoms with Gasteiger partial charge in [0.2, 0.25) is 0 Å². The van der Waals surface area contributed by atoms with Crippen molar-refractivity contribution in [2.75, 3.05) is 11.1 Å². The van der Waals surface area contributed by atoms with Crippen molar-refractivity contribution < 1.29 is 14.3 Å². The zero-order chi connectivity index (χ0) is 27.3. The number of aromatic nitrogens is 5. The molecule has 0 radical (unpaired) electrons. The van der Waals surface area contributed by atoms with Crippen LogP contribution in [0.3, 0.4) is 0 Å². The molecule has 1 saturated carbocycles. The van der Waals surface area contributed by atoms with Crippen molar-refractivity contribution in [1.29, 1.82) is 0 Å². The second-order valence-electron chi connectivity index (χ2n) is 10.6. The minimum absolute atomic E-state index is 0.0433. The average molecular weight is 526 g/mol. The summed E-state index contributed by atoms with van der Waals surface area (Å²) in [6.45, 7) is 6.00. The smallest absolute Gasteiger partial charge is 0.309 e. The standard InChI is InChI=1S/C29H31N7O3/c1-4-29(27(37)38)11-9-20(10-12-29)36-26-22(25(30)31-15-32-26)23(35-36)18-5-7-19(8-6-18)33-28-34-21-14-16(2)13-17(3)24(21)39-28/h5-8,13-15,20H,4,9-12H2,1-3H3,(H,33,34)(H,37,38)(H2,30,31,32). The molecule has 39 heavy (non-hydrogen) atoms. The van der Waals surface area contributed by atoms with E-state index in [1.54, 1.807) is 0 Å². The van der Waals surface area contributed by atoms with Gasteiger partial charge >= 0.3 is 5.97 Å². The van der Waals surface area contributed by atoms with Crippen molar-refractivity contribution in [1.82, 2.24) is 24.7 Å².